The van der Waals surface area contributed by atoms with Gasteiger partial charge in [-0.15, -0.1) is 0 Å². The molecule has 1 amide bonds. The predicted octanol–water partition coefficient (Wildman–Crippen LogP) is 2.84. The number of hydrogen-bond acceptors (Lipinski definition) is 2. The van der Waals surface area contributed by atoms with Crippen LogP contribution in [0.3, 0.4) is 0 Å². The van der Waals surface area contributed by atoms with E-state index in [-0.39, 0.29) is 24.7 Å². The first kappa shape index (κ1) is 14.0. The highest BCUT2D eigenvalue weighted by Crippen LogP contribution is 2.26. The molecule has 0 aliphatic carbocycles. The molecule has 6 heteroatoms. The van der Waals surface area contributed by atoms with Crippen LogP contribution in [0.1, 0.15) is 18.9 Å². The van der Waals surface area contributed by atoms with Crippen molar-refractivity contribution >= 4 is 27.8 Å². The maximum atomic E-state index is 13.9. The van der Waals surface area contributed by atoms with E-state index in [1.54, 1.807) is 25.1 Å². The normalized spacial score (nSPS) is 22.9. The molecule has 1 unspecified atom stereocenters. The maximum Gasteiger partial charge on any atom is 0.408 e. The number of hydrogen-bond donors (Lipinski definition) is 1. The summed E-state index contributed by atoms with van der Waals surface area (Å²) in [5.41, 5.74) is 0.341. The first-order valence-corrected chi connectivity index (χ1v) is 6.68. The minimum Gasteiger partial charge on any atom is -0.465 e. The number of likely N-dealkylation sites (tertiary alicyclic amines) is 1. The summed E-state index contributed by atoms with van der Waals surface area (Å²) in [5, 5.41) is 9.14. The van der Waals surface area contributed by atoms with E-state index in [1.807, 2.05) is 0 Å². The Morgan fingerprint density at radius 1 is 1.58 bits per heavy atom. The Balaban J connectivity index is 2.28. The van der Waals surface area contributed by atoms with Gasteiger partial charge in [0.2, 0.25) is 0 Å². The molecule has 1 aromatic carbocycles. The zero-order chi connectivity index (χ0) is 14.2. The van der Waals surface area contributed by atoms with Gasteiger partial charge in [0.25, 0.3) is 0 Å². The van der Waals surface area contributed by atoms with Crippen molar-refractivity contribution in [3.8, 4) is 0 Å². The van der Waals surface area contributed by atoms with Crippen LogP contribution in [0.4, 0.5) is 9.18 Å². The lowest BCUT2D eigenvalue weighted by Gasteiger charge is -2.24. The molecular weight excluding hydrogens is 317 g/mol. The highest BCUT2D eigenvalue weighted by molar-refractivity contribution is 9.10. The molecular formula is C13H13BrFNO3. The number of nitrogens with zero attached hydrogens (tertiary/aromatic N) is 1. The topological polar surface area (TPSA) is 57.6 Å². The van der Waals surface area contributed by atoms with E-state index in [9.17, 15) is 14.0 Å². The number of carbonyl (C=O) groups is 2. The van der Waals surface area contributed by atoms with Crippen molar-refractivity contribution in [1.29, 1.82) is 0 Å². The third-order valence-electron chi connectivity index (χ3n) is 3.34. The summed E-state index contributed by atoms with van der Waals surface area (Å²) in [7, 11) is 0. The summed E-state index contributed by atoms with van der Waals surface area (Å²) in [6.45, 7) is 1.68. The minimum atomic E-state index is -1.14. The molecule has 2 atom stereocenters. The Morgan fingerprint density at radius 3 is 2.89 bits per heavy atom. The monoisotopic (exact) mass is 329 g/mol. The number of ketones is 1. The smallest absolute Gasteiger partial charge is 0.408 e. The standard InChI is InChI=1S/C13H13BrFNO3/c1-7-5-11(17)10(16(7)13(18)19)6-8-3-2-4-9(14)12(8)15/h2-4,7,10H,5-6H2,1H3,(H,18,19)/t7-,10?/m1/s1. The summed E-state index contributed by atoms with van der Waals surface area (Å²) < 4.78 is 14.2. The Hall–Kier alpha value is -1.43. The second-order valence-corrected chi connectivity index (χ2v) is 5.50. The van der Waals surface area contributed by atoms with E-state index >= 15 is 0 Å². The zero-order valence-electron chi connectivity index (χ0n) is 10.3. The maximum absolute atomic E-state index is 13.9. The number of carboxylic acid groups (broad SMARTS) is 1. The van der Waals surface area contributed by atoms with Gasteiger partial charge in [-0.2, -0.15) is 0 Å². The van der Waals surface area contributed by atoms with Crippen LogP contribution in [0.2, 0.25) is 0 Å². The summed E-state index contributed by atoms with van der Waals surface area (Å²) in [6, 6.07) is 3.64. The first-order valence-electron chi connectivity index (χ1n) is 5.88. The Labute approximate surface area is 118 Å². The van der Waals surface area contributed by atoms with Crippen molar-refractivity contribution < 1.29 is 19.1 Å². The summed E-state index contributed by atoms with van der Waals surface area (Å²) >= 11 is 3.08. The molecule has 4 nitrogen and oxygen atoms in total. The van der Waals surface area contributed by atoms with Crippen molar-refractivity contribution in [2.24, 2.45) is 0 Å². The van der Waals surface area contributed by atoms with Crippen LogP contribution < -0.4 is 0 Å². The van der Waals surface area contributed by atoms with Crippen LogP contribution >= 0.6 is 15.9 Å². The molecule has 0 saturated carbocycles. The largest absolute Gasteiger partial charge is 0.465 e. The zero-order valence-corrected chi connectivity index (χ0v) is 11.9. The van der Waals surface area contributed by atoms with Gasteiger partial charge in [-0.3, -0.25) is 9.69 Å². The van der Waals surface area contributed by atoms with E-state index in [4.69, 9.17) is 5.11 Å². The van der Waals surface area contributed by atoms with Crippen molar-refractivity contribution in [1.82, 2.24) is 4.90 Å². The van der Waals surface area contributed by atoms with Gasteiger partial charge in [-0.1, -0.05) is 12.1 Å². The van der Waals surface area contributed by atoms with E-state index in [0.29, 0.717) is 10.0 Å². The second kappa shape index (κ2) is 5.28. The molecule has 2 rings (SSSR count). The second-order valence-electron chi connectivity index (χ2n) is 4.64. The molecule has 1 heterocycles. The van der Waals surface area contributed by atoms with Crippen molar-refractivity contribution in [2.45, 2.75) is 31.8 Å². The van der Waals surface area contributed by atoms with Gasteiger partial charge < -0.3 is 5.11 Å². The molecule has 0 bridgehead atoms. The van der Waals surface area contributed by atoms with Crippen LogP contribution in [0.5, 0.6) is 0 Å². The molecule has 1 aliphatic rings. The van der Waals surface area contributed by atoms with E-state index in [2.05, 4.69) is 15.9 Å². The number of carbonyl (C=O) groups excluding carboxylic acids is 1. The fourth-order valence-electron chi connectivity index (χ4n) is 2.44. The molecule has 1 aliphatic heterocycles. The molecule has 19 heavy (non-hydrogen) atoms. The highest BCUT2D eigenvalue weighted by atomic mass is 79.9. The van der Waals surface area contributed by atoms with Crippen molar-refractivity contribution in [2.75, 3.05) is 0 Å². The summed E-state index contributed by atoms with van der Waals surface area (Å²) in [4.78, 5) is 24.2. The molecule has 1 aromatic rings. The van der Waals surface area contributed by atoms with Crippen LogP contribution in [0.25, 0.3) is 0 Å². The Bertz CT molecular complexity index is 535. The summed E-state index contributed by atoms with van der Waals surface area (Å²) in [6.07, 6.45) is -0.883. The van der Waals surface area contributed by atoms with Gasteiger partial charge in [-0.25, -0.2) is 9.18 Å². The lowest BCUT2D eigenvalue weighted by Crippen LogP contribution is -2.42. The molecule has 102 valence electrons. The van der Waals surface area contributed by atoms with Crippen LogP contribution in [-0.2, 0) is 11.2 Å². The average Bonchev–Trinajstić information content (AvgIpc) is 2.60. The Kier molecular flexibility index (Phi) is 3.89. The molecule has 1 saturated heterocycles. The van der Waals surface area contributed by atoms with Gasteiger partial charge >= 0.3 is 6.09 Å². The average molecular weight is 330 g/mol. The molecule has 1 N–H and O–H groups in total. The van der Waals surface area contributed by atoms with Gasteiger partial charge in [-0.05, 0) is 34.5 Å². The van der Waals surface area contributed by atoms with Crippen LogP contribution in [0, 0.1) is 5.82 Å². The minimum absolute atomic E-state index is 0.0702. The number of Topliss-reactive ketones (excluding diaryl/α,β-unsaturated/α-hetero) is 1. The van der Waals surface area contributed by atoms with Gasteiger partial charge in [0.1, 0.15) is 5.82 Å². The SMILES string of the molecule is C[C@@H]1CC(=O)C(Cc2cccc(Br)c2F)N1C(=O)O. The predicted molar refractivity (Wildman–Crippen MR) is 70.5 cm³/mol. The molecule has 1 fully saturated rings. The van der Waals surface area contributed by atoms with Crippen molar-refractivity contribution in [3.05, 3.63) is 34.1 Å². The van der Waals surface area contributed by atoms with E-state index in [0.717, 1.165) is 4.90 Å². The number of rotatable bonds is 2. The Morgan fingerprint density at radius 2 is 2.26 bits per heavy atom. The van der Waals surface area contributed by atoms with Gasteiger partial charge in [0.05, 0.1) is 10.5 Å². The van der Waals surface area contributed by atoms with Gasteiger partial charge in [0.15, 0.2) is 5.78 Å². The quantitative estimate of drug-likeness (QED) is 0.907. The van der Waals surface area contributed by atoms with E-state index < -0.39 is 18.0 Å². The van der Waals surface area contributed by atoms with E-state index in [1.165, 1.54) is 0 Å². The molecule has 0 aromatic heterocycles. The number of halogens is 2. The van der Waals surface area contributed by atoms with Crippen molar-refractivity contribution in [3.63, 3.8) is 0 Å². The third kappa shape index (κ3) is 2.63. The third-order valence-corrected chi connectivity index (χ3v) is 3.96. The summed E-state index contributed by atoms with van der Waals surface area (Å²) in [5.74, 6) is -0.602. The fourth-order valence-corrected chi connectivity index (χ4v) is 2.84. The lowest BCUT2D eigenvalue weighted by molar-refractivity contribution is -0.119. The van der Waals surface area contributed by atoms with Gasteiger partial charge in [0, 0.05) is 18.9 Å². The highest BCUT2D eigenvalue weighted by Gasteiger charge is 2.41. The fraction of sp³-hybridized carbons (Fsp3) is 0.385. The van der Waals surface area contributed by atoms with Crippen LogP contribution in [0.15, 0.2) is 22.7 Å². The number of benzene rings is 1. The first-order chi connectivity index (χ1) is 8.91. The lowest BCUT2D eigenvalue weighted by atomic mass is 10.0. The molecule has 0 spiro atoms. The number of amides is 1. The van der Waals surface area contributed by atoms with Crippen LogP contribution in [-0.4, -0.2) is 34.0 Å². The molecule has 0 radical (unpaired) electrons.